The largest absolute Gasteiger partial charge is 0.462 e. The number of carbonyl (C=O) groups is 3. The molecule has 0 saturated carbocycles. The van der Waals surface area contributed by atoms with E-state index in [9.17, 15) is 14.4 Å². The van der Waals surface area contributed by atoms with Crippen LogP contribution in [0.1, 0.15) is 220 Å². The maximum Gasteiger partial charge on any atom is 0.306 e. The second-order valence-corrected chi connectivity index (χ2v) is 15.3. The molecule has 0 rings (SSSR count). The quantitative estimate of drug-likeness (QED) is 0.0266. The lowest BCUT2D eigenvalue weighted by Gasteiger charge is -2.18. The summed E-state index contributed by atoms with van der Waals surface area (Å²) >= 11 is 0. The summed E-state index contributed by atoms with van der Waals surface area (Å²) in [6.45, 7) is 6.41. The minimum atomic E-state index is -0.774. The van der Waals surface area contributed by atoms with Crippen molar-refractivity contribution in [2.24, 2.45) is 0 Å². The van der Waals surface area contributed by atoms with Gasteiger partial charge in [-0.25, -0.2) is 0 Å². The Morgan fingerprint density at radius 3 is 1.09 bits per heavy atom. The molecule has 0 aliphatic rings. The van der Waals surface area contributed by atoms with Crippen LogP contribution in [0, 0.1) is 0 Å². The Hall–Kier alpha value is -2.89. The van der Waals surface area contributed by atoms with Crippen LogP contribution in [-0.4, -0.2) is 37.2 Å². The average molecular weight is 783 g/mol. The molecule has 0 fully saturated rings. The van der Waals surface area contributed by atoms with E-state index in [2.05, 4.69) is 81.5 Å². The molecule has 56 heavy (non-hydrogen) atoms. The lowest BCUT2D eigenvalue weighted by molar-refractivity contribution is -0.167. The number of hydrogen-bond donors (Lipinski definition) is 0. The zero-order valence-electron chi connectivity index (χ0n) is 36.6. The van der Waals surface area contributed by atoms with Gasteiger partial charge in [0.05, 0.1) is 0 Å². The van der Waals surface area contributed by atoms with Crippen molar-refractivity contribution in [1.29, 1.82) is 0 Å². The van der Waals surface area contributed by atoms with E-state index < -0.39 is 6.10 Å². The number of rotatable bonds is 41. The molecule has 1 unspecified atom stereocenters. The number of esters is 3. The molecule has 0 amide bonds. The number of hydrogen-bond acceptors (Lipinski definition) is 6. The Morgan fingerprint density at radius 2 is 0.696 bits per heavy atom. The molecule has 0 aliphatic carbocycles. The van der Waals surface area contributed by atoms with E-state index in [1.807, 2.05) is 0 Å². The van der Waals surface area contributed by atoms with Crippen LogP contribution < -0.4 is 0 Å². The van der Waals surface area contributed by atoms with Crippen LogP contribution in [0.15, 0.2) is 60.8 Å². The Morgan fingerprint density at radius 1 is 0.375 bits per heavy atom. The average Bonchev–Trinajstić information content (AvgIpc) is 3.19. The summed E-state index contributed by atoms with van der Waals surface area (Å²) in [7, 11) is 0. The van der Waals surface area contributed by atoms with Crippen LogP contribution in [0.5, 0.6) is 0 Å². The SMILES string of the molecule is CC/C=C\C/C=C\C/C=C\C/C=C\C/C=C\CCCCCCCC(=O)OCC(COC(=O)CCCCCCC)OC(=O)CCCCCCCCCCCCCC. The second kappa shape index (κ2) is 44.8. The maximum absolute atomic E-state index is 12.7. The van der Waals surface area contributed by atoms with Gasteiger partial charge >= 0.3 is 17.9 Å². The first kappa shape index (κ1) is 53.1. The van der Waals surface area contributed by atoms with Gasteiger partial charge in [-0.1, -0.05) is 197 Å². The highest BCUT2D eigenvalue weighted by molar-refractivity contribution is 5.71. The van der Waals surface area contributed by atoms with Crippen LogP contribution in [0.25, 0.3) is 0 Å². The Balaban J connectivity index is 4.22. The molecule has 6 heteroatoms. The first-order valence-corrected chi connectivity index (χ1v) is 23.3. The summed E-state index contributed by atoms with van der Waals surface area (Å²) in [5.74, 6) is -0.914. The molecule has 0 spiro atoms. The lowest BCUT2D eigenvalue weighted by Crippen LogP contribution is -2.30. The molecule has 0 aromatic rings. The van der Waals surface area contributed by atoms with Crippen molar-refractivity contribution in [3.05, 3.63) is 60.8 Å². The van der Waals surface area contributed by atoms with Crippen molar-refractivity contribution >= 4 is 17.9 Å². The van der Waals surface area contributed by atoms with Gasteiger partial charge in [0.15, 0.2) is 6.10 Å². The van der Waals surface area contributed by atoms with Crippen molar-refractivity contribution in [3.63, 3.8) is 0 Å². The zero-order chi connectivity index (χ0) is 40.8. The summed E-state index contributed by atoms with van der Waals surface area (Å²) in [6, 6.07) is 0. The van der Waals surface area contributed by atoms with Gasteiger partial charge in [-0.15, -0.1) is 0 Å². The third-order valence-corrected chi connectivity index (χ3v) is 9.79. The van der Waals surface area contributed by atoms with E-state index in [1.165, 1.54) is 64.2 Å². The summed E-state index contributed by atoms with van der Waals surface area (Å²) in [6.07, 6.45) is 53.8. The van der Waals surface area contributed by atoms with Crippen molar-refractivity contribution in [2.45, 2.75) is 226 Å². The van der Waals surface area contributed by atoms with Gasteiger partial charge in [0.2, 0.25) is 0 Å². The fourth-order valence-corrected chi connectivity index (χ4v) is 6.29. The Labute approximate surface area is 345 Å². The van der Waals surface area contributed by atoms with Crippen molar-refractivity contribution in [2.75, 3.05) is 13.2 Å². The van der Waals surface area contributed by atoms with Crippen LogP contribution in [0.3, 0.4) is 0 Å². The number of ether oxygens (including phenoxy) is 3. The molecule has 0 saturated heterocycles. The van der Waals surface area contributed by atoms with E-state index in [1.54, 1.807) is 0 Å². The lowest BCUT2D eigenvalue weighted by atomic mass is 10.0. The van der Waals surface area contributed by atoms with Gasteiger partial charge in [-0.3, -0.25) is 14.4 Å². The van der Waals surface area contributed by atoms with Gasteiger partial charge in [-0.2, -0.15) is 0 Å². The number of allylic oxidation sites excluding steroid dienone is 10. The van der Waals surface area contributed by atoms with Gasteiger partial charge < -0.3 is 14.2 Å². The first-order chi connectivity index (χ1) is 27.5. The predicted octanol–water partition coefficient (Wildman–Crippen LogP) is 14.9. The van der Waals surface area contributed by atoms with Crippen LogP contribution in [-0.2, 0) is 28.6 Å². The smallest absolute Gasteiger partial charge is 0.306 e. The molecule has 0 aromatic carbocycles. The van der Waals surface area contributed by atoms with Crippen LogP contribution in [0.4, 0.5) is 0 Å². The zero-order valence-corrected chi connectivity index (χ0v) is 36.6. The van der Waals surface area contributed by atoms with Crippen molar-refractivity contribution < 1.29 is 28.6 Å². The summed E-state index contributed by atoms with van der Waals surface area (Å²) in [5, 5.41) is 0. The molecule has 1 atom stereocenters. The predicted molar refractivity (Wildman–Crippen MR) is 238 cm³/mol. The van der Waals surface area contributed by atoms with Gasteiger partial charge in [-0.05, 0) is 64.2 Å². The summed E-state index contributed by atoms with van der Waals surface area (Å²) in [4.78, 5) is 37.5. The standard InChI is InChI=1S/C50H86O6/c1-4-7-10-13-15-17-19-21-22-23-24-25-26-27-28-29-31-32-34-37-40-43-49(52)55-46-47(45-54-48(51)42-39-36-12-9-6-3)56-50(53)44-41-38-35-33-30-20-18-16-14-11-8-5-2/h7,10,15,17,21-22,24-25,27-28,47H,4-6,8-9,11-14,16,18-20,23,26,29-46H2,1-3H3/b10-7-,17-15-,22-21-,25-24-,28-27-. The van der Waals surface area contributed by atoms with Gasteiger partial charge in [0.1, 0.15) is 13.2 Å². The minimum Gasteiger partial charge on any atom is -0.462 e. The third kappa shape index (κ3) is 42.3. The number of carbonyl (C=O) groups excluding carboxylic acids is 3. The molecular formula is C50H86O6. The van der Waals surface area contributed by atoms with Crippen molar-refractivity contribution in [1.82, 2.24) is 0 Å². The molecular weight excluding hydrogens is 697 g/mol. The van der Waals surface area contributed by atoms with Crippen LogP contribution in [0.2, 0.25) is 0 Å². The highest BCUT2D eigenvalue weighted by atomic mass is 16.6. The second-order valence-electron chi connectivity index (χ2n) is 15.3. The summed E-state index contributed by atoms with van der Waals surface area (Å²) < 4.78 is 16.6. The van der Waals surface area contributed by atoms with E-state index in [4.69, 9.17) is 14.2 Å². The highest BCUT2D eigenvalue weighted by Crippen LogP contribution is 2.14. The molecule has 0 N–H and O–H groups in total. The van der Waals surface area contributed by atoms with Crippen molar-refractivity contribution in [3.8, 4) is 0 Å². The topological polar surface area (TPSA) is 78.9 Å². The fraction of sp³-hybridized carbons (Fsp3) is 0.740. The molecule has 0 radical (unpaired) electrons. The van der Waals surface area contributed by atoms with E-state index in [0.29, 0.717) is 19.3 Å². The monoisotopic (exact) mass is 783 g/mol. The van der Waals surface area contributed by atoms with Gasteiger partial charge in [0.25, 0.3) is 0 Å². The van der Waals surface area contributed by atoms with E-state index in [0.717, 1.165) is 116 Å². The minimum absolute atomic E-state index is 0.0802. The Kier molecular flexibility index (Phi) is 42.5. The third-order valence-electron chi connectivity index (χ3n) is 9.79. The molecule has 0 aromatic heterocycles. The normalized spacial score (nSPS) is 12.6. The fourth-order valence-electron chi connectivity index (χ4n) is 6.29. The van der Waals surface area contributed by atoms with E-state index >= 15 is 0 Å². The van der Waals surface area contributed by atoms with Gasteiger partial charge in [0, 0.05) is 19.3 Å². The van der Waals surface area contributed by atoms with E-state index in [-0.39, 0.29) is 31.1 Å². The molecule has 0 bridgehead atoms. The Bertz CT molecular complexity index is 1040. The van der Waals surface area contributed by atoms with Crippen LogP contribution >= 0.6 is 0 Å². The molecule has 0 aliphatic heterocycles. The number of unbranched alkanes of at least 4 members (excludes halogenated alkanes) is 20. The molecule has 0 heterocycles. The maximum atomic E-state index is 12.7. The molecule has 322 valence electrons. The molecule has 6 nitrogen and oxygen atoms in total. The highest BCUT2D eigenvalue weighted by Gasteiger charge is 2.19. The summed E-state index contributed by atoms with van der Waals surface area (Å²) in [5.41, 5.74) is 0. The first-order valence-electron chi connectivity index (χ1n) is 23.3.